The highest BCUT2D eigenvalue weighted by Gasteiger charge is 2.61. The molecule has 1 amide bonds. The first-order chi connectivity index (χ1) is 8.56. The first-order valence-corrected chi connectivity index (χ1v) is 5.45. The van der Waals surface area contributed by atoms with E-state index < -0.39 is 23.4 Å². The van der Waals surface area contributed by atoms with Gasteiger partial charge in [-0.3, -0.25) is 4.79 Å². The van der Waals surface area contributed by atoms with Gasteiger partial charge in [0.25, 0.3) is 5.72 Å². The lowest BCUT2D eigenvalue weighted by molar-refractivity contribution is -0.161. The van der Waals surface area contributed by atoms with E-state index >= 15 is 0 Å². The van der Waals surface area contributed by atoms with Crippen molar-refractivity contribution in [3.05, 3.63) is 29.6 Å². The number of esters is 1. The van der Waals surface area contributed by atoms with E-state index in [1.165, 1.54) is 25.3 Å². The molecule has 6 heteroatoms. The Labute approximate surface area is 102 Å². The second-order valence-electron chi connectivity index (χ2n) is 4.32. The first kappa shape index (κ1) is 11.0. The van der Waals surface area contributed by atoms with Gasteiger partial charge in [0.2, 0.25) is 5.91 Å². The molecule has 1 aromatic carbocycles. The number of carbonyl (C=O) groups excluding carboxylic acids is 2. The van der Waals surface area contributed by atoms with Crippen molar-refractivity contribution in [3.8, 4) is 5.75 Å². The van der Waals surface area contributed by atoms with Crippen LogP contribution in [0.3, 0.4) is 0 Å². The van der Waals surface area contributed by atoms with Gasteiger partial charge in [-0.05, 0) is 18.2 Å². The van der Waals surface area contributed by atoms with Crippen LogP contribution in [0, 0.1) is 5.82 Å². The van der Waals surface area contributed by atoms with Gasteiger partial charge in [0.1, 0.15) is 11.6 Å². The average molecular weight is 251 g/mol. The van der Waals surface area contributed by atoms with Gasteiger partial charge in [-0.2, -0.15) is 0 Å². The van der Waals surface area contributed by atoms with Gasteiger partial charge in [-0.25, -0.2) is 9.18 Å². The summed E-state index contributed by atoms with van der Waals surface area (Å²) in [7, 11) is 1.21. The lowest BCUT2D eigenvalue weighted by atomic mass is 9.91. The molecule has 1 aromatic rings. The van der Waals surface area contributed by atoms with E-state index in [2.05, 4.69) is 10.1 Å². The Morgan fingerprint density at radius 2 is 2.39 bits per heavy atom. The number of methoxy groups -OCH3 is 1. The van der Waals surface area contributed by atoms with Crippen molar-refractivity contribution in [3.63, 3.8) is 0 Å². The van der Waals surface area contributed by atoms with Crippen LogP contribution in [-0.2, 0) is 14.3 Å². The minimum Gasteiger partial charge on any atom is -0.465 e. The summed E-state index contributed by atoms with van der Waals surface area (Å²) >= 11 is 0. The number of hydrogen-bond donors (Lipinski definition) is 1. The monoisotopic (exact) mass is 251 g/mol. The van der Waals surface area contributed by atoms with Crippen molar-refractivity contribution in [2.45, 2.75) is 18.1 Å². The predicted octanol–water partition coefficient (Wildman–Crippen LogP) is 0.691. The smallest absolute Gasteiger partial charge is 0.372 e. The Morgan fingerprint density at radius 3 is 3.11 bits per heavy atom. The van der Waals surface area contributed by atoms with Crippen LogP contribution in [0.25, 0.3) is 0 Å². The number of halogens is 1. The maximum Gasteiger partial charge on any atom is 0.372 e. The molecule has 2 atom stereocenters. The van der Waals surface area contributed by atoms with Crippen LogP contribution in [0.15, 0.2) is 18.2 Å². The van der Waals surface area contributed by atoms with E-state index in [9.17, 15) is 14.0 Å². The number of fused-ring (bicyclic) bond motifs is 3. The fraction of sp³-hybridized carbons (Fsp3) is 0.333. The molecular weight excluding hydrogens is 241 g/mol. The Balaban J connectivity index is 2.12. The Bertz CT molecular complexity index is 559. The fourth-order valence-corrected chi connectivity index (χ4v) is 2.54. The normalized spacial score (nSPS) is 28.1. The SMILES string of the molecule is COC(=O)[C@@]12NC(=O)C[C@@H]1c1cc(F)ccc1O2. The van der Waals surface area contributed by atoms with E-state index in [-0.39, 0.29) is 12.3 Å². The lowest BCUT2D eigenvalue weighted by Gasteiger charge is -2.24. The van der Waals surface area contributed by atoms with E-state index in [0.717, 1.165) is 0 Å². The van der Waals surface area contributed by atoms with Gasteiger partial charge < -0.3 is 14.8 Å². The van der Waals surface area contributed by atoms with Gasteiger partial charge in [-0.15, -0.1) is 0 Å². The molecule has 94 valence electrons. The molecule has 3 rings (SSSR count). The third-order valence-electron chi connectivity index (χ3n) is 3.31. The molecule has 5 nitrogen and oxygen atoms in total. The lowest BCUT2D eigenvalue weighted by Crippen LogP contribution is -2.55. The van der Waals surface area contributed by atoms with Crippen molar-refractivity contribution in [2.24, 2.45) is 0 Å². The molecule has 0 aromatic heterocycles. The van der Waals surface area contributed by atoms with Crippen molar-refractivity contribution >= 4 is 11.9 Å². The highest BCUT2D eigenvalue weighted by Crippen LogP contribution is 2.49. The molecule has 1 N–H and O–H groups in total. The summed E-state index contributed by atoms with van der Waals surface area (Å²) in [6.45, 7) is 0. The molecule has 1 fully saturated rings. The van der Waals surface area contributed by atoms with Crippen LogP contribution in [0.4, 0.5) is 4.39 Å². The molecular formula is C12H10FNO4. The molecule has 18 heavy (non-hydrogen) atoms. The maximum atomic E-state index is 13.2. The van der Waals surface area contributed by atoms with Crippen LogP contribution in [0.1, 0.15) is 17.9 Å². The second-order valence-corrected chi connectivity index (χ2v) is 4.32. The van der Waals surface area contributed by atoms with Gasteiger partial charge in [0.15, 0.2) is 0 Å². The molecule has 0 spiro atoms. The van der Waals surface area contributed by atoms with Gasteiger partial charge in [-0.1, -0.05) is 0 Å². The molecule has 0 aliphatic carbocycles. The quantitative estimate of drug-likeness (QED) is 0.746. The number of benzene rings is 1. The van der Waals surface area contributed by atoms with Crippen LogP contribution in [-0.4, -0.2) is 24.7 Å². The van der Waals surface area contributed by atoms with Gasteiger partial charge in [0.05, 0.1) is 13.0 Å². The van der Waals surface area contributed by atoms with Gasteiger partial charge in [0, 0.05) is 12.0 Å². The maximum absolute atomic E-state index is 13.2. The Morgan fingerprint density at radius 1 is 1.61 bits per heavy atom. The van der Waals surface area contributed by atoms with Gasteiger partial charge >= 0.3 is 5.97 Å². The zero-order valence-corrected chi connectivity index (χ0v) is 9.53. The van der Waals surface area contributed by atoms with E-state index in [1.54, 1.807) is 0 Å². The minimum absolute atomic E-state index is 0.0750. The zero-order chi connectivity index (χ0) is 12.9. The molecule has 1 saturated heterocycles. The fourth-order valence-electron chi connectivity index (χ4n) is 2.54. The highest BCUT2D eigenvalue weighted by molar-refractivity contribution is 5.94. The van der Waals surface area contributed by atoms with E-state index in [4.69, 9.17) is 4.74 Å². The van der Waals surface area contributed by atoms with Crippen LogP contribution in [0.5, 0.6) is 5.75 Å². The number of carbonyl (C=O) groups is 2. The number of ether oxygens (including phenoxy) is 2. The average Bonchev–Trinajstić information content (AvgIpc) is 2.81. The van der Waals surface area contributed by atoms with Crippen molar-refractivity contribution in [1.82, 2.24) is 5.32 Å². The molecule has 0 unspecified atom stereocenters. The third-order valence-corrected chi connectivity index (χ3v) is 3.31. The molecule has 2 aliphatic rings. The predicted molar refractivity (Wildman–Crippen MR) is 57.3 cm³/mol. The number of rotatable bonds is 1. The van der Waals surface area contributed by atoms with E-state index in [1.807, 2.05) is 0 Å². The summed E-state index contributed by atoms with van der Waals surface area (Å²) in [4.78, 5) is 23.3. The molecule has 0 bridgehead atoms. The third kappa shape index (κ3) is 1.25. The van der Waals surface area contributed by atoms with Crippen molar-refractivity contribution in [2.75, 3.05) is 7.11 Å². The molecule has 0 radical (unpaired) electrons. The Kier molecular flexibility index (Phi) is 2.10. The van der Waals surface area contributed by atoms with Crippen LogP contribution in [0.2, 0.25) is 0 Å². The van der Waals surface area contributed by atoms with Crippen molar-refractivity contribution < 1.29 is 23.5 Å². The Hall–Kier alpha value is -2.11. The number of hydrogen-bond acceptors (Lipinski definition) is 4. The molecule has 2 aliphatic heterocycles. The summed E-state index contributed by atoms with van der Waals surface area (Å²) in [5.74, 6) is -1.59. The highest BCUT2D eigenvalue weighted by atomic mass is 19.1. The standard InChI is InChI=1S/C12H10FNO4/c1-17-11(16)12-8(5-10(15)14-12)7-4-6(13)2-3-9(7)18-12/h2-4,8H,5H2,1H3,(H,14,15)/t8-,12-/m1/s1. The van der Waals surface area contributed by atoms with E-state index in [0.29, 0.717) is 11.3 Å². The minimum atomic E-state index is -1.54. The van der Waals surface area contributed by atoms with Crippen molar-refractivity contribution in [1.29, 1.82) is 0 Å². The summed E-state index contributed by atoms with van der Waals surface area (Å²) in [5.41, 5.74) is -1.03. The first-order valence-electron chi connectivity index (χ1n) is 5.45. The molecule has 2 heterocycles. The van der Waals surface area contributed by atoms with Crippen LogP contribution < -0.4 is 10.1 Å². The topological polar surface area (TPSA) is 64.6 Å². The summed E-state index contributed by atoms with van der Waals surface area (Å²) in [5, 5.41) is 2.49. The number of amides is 1. The largest absolute Gasteiger partial charge is 0.465 e. The van der Waals surface area contributed by atoms with Crippen LogP contribution >= 0.6 is 0 Å². The molecule has 0 saturated carbocycles. The summed E-state index contributed by atoms with van der Waals surface area (Å²) < 4.78 is 23.4. The zero-order valence-electron chi connectivity index (χ0n) is 9.53. The number of nitrogens with one attached hydrogen (secondary N) is 1. The second kappa shape index (κ2) is 3.44. The summed E-state index contributed by atoms with van der Waals surface area (Å²) in [6, 6.07) is 3.97. The summed E-state index contributed by atoms with van der Waals surface area (Å²) in [6.07, 6.45) is 0.0750.